The predicted molar refractivity (Wildman–Crippen MR) is 57.1 cm³/mol. The zero-order valence-corrected chi connectivity index (χ0v) is 8.32. The number of benzene rings is 1. The van der Waals surface area contributed by atoms with Crippen molar-refractivity contribution in [2.75, 3.05) is 6.61 Å². The first kappa shape index (κ1) is 10.5. The van der Waals surface area contributed by atoms with E-state index < -0.39 is 0 Å². The lowest BCUT2D eigenvalue weighted by Crippen LogP contribution is -2.05. The second kappa shape index (κ2) is 5.22. The van der Waals surface area contributed by atoms with Gasteiger partial charge in [-0.2, -0.15) is 0 Å². The van der Waals surface area contributed by atoms with Gasteiger partial charge < -0.3 is 4.74 Å². The van der Waals surface area contributed by atoms with Gasteiger partial charge in [-0.3, -0.25) is 0 Å². The fourth-order valence-electron chi connectivity index (χ4n) is 1.03. The molecule has 2 nitrogen and oxygen atoms in total. The molecule has 74 valence electrons. The van der Waals surface area contributed by atoms with Crippen molar-refractivity contribution in [1.29, 1.82) is 0 Å². The summed E-state index contributed by atoms with van der Waals surface area (Å²) in [6.45, 7) is 6.08. The number of rotatable bonds is 4. The van der Waals surface area contributed by atoms with Crippen molar-refractivity contribution in [1.82, 2.24) is 0 Å². The Balaban J connectivity index is 2.66. The fraction of sp³-hybridized carbons (Fsp3) is 0.250. The Kier molecular flexibility index (Phi) is 3.92. The van der Waals surface area contributed by atoms with Gasteiger partial charge in [0.05, 0.1) is 12.2 Å². The Bertz CT molecular complexity index is 312. The zero-order valence-electron chi connectivity index (χ0n) is 8.32. The second-order valence-electron chi connectivity index (χ2n) is 2.96. The molecule has 0 aromatic heterocycles. The van der Waals surface area contributed by atoms with Crippen molar-refractivity contribution in [3.63, 3.8) is 0 Å². The van der Waals surface area contributed by atoms with Gasteiger partial charge in [0.15, 0.2) is 0 Å². The second-order valence-corrected chi connectivity index (χ2v) is 2.96. The van der Waals surface area contributed by atoms with E-state index in [1.165, 1.54) is 0 Å². The highest BCUT2D eigenvalue weighted by Gasteiger charge is 2.04. The zero-order chi connectivity index (χ0) is 10.4. The quantitative estimate of drug-likeness (QED) is 0.682. The minimum absolute atomic E-state index is 0.262. The molecule has 1 aromatic carbocycles. The maximum absolute atomic E-state index is 11.4. The average molecular weight is 190 g/mol. The van der Waals surface area contributed by atoms with Gasteiger partial charge in [-0.1, -0.05) is 31.7 Å². The summed E-state index contributed by atoms with van der Waals surface area (Å²) in [4.78, 5) is 11.4. The number of ether oxygens (including phenoxy) is 1. The molecule has 0 aliphatic heterocycles. The number of carbonyl (C=O) groups is 1. The summed E-state index contributed by atoms with van der Waals surface area (Å²) in [6, 6.07) is 7.18. The standard InChI is InChI=1S/C12H14O2/c1-3-9-14-12(13)11-7-5-10(4-2)6-8-11/h4-8H,2-3,9H2,1H3. The number of carbonyl (C=O) groups excluding carboxylic acids is 1. The van der Waals surface area contributed by atoms with E-state index in [0.29, 0.717) is 12.2 Å². The summed E-state index contributed by atoms with van der Waals surface area (Å²) in [5, 5.41) is 0. The summed E-state index contributed by atoms with van der Waals surface area (Å²) < 4.78 is 4.99. The van der Waals surface area contributed by atoms with Crippen LogP contribution in [0.4, 0.5) is 0 Å². The van der Waals surface area contributed by atoms with E-state index in [9.17, 15) is 4.79 Å². The minimum Gasteiger partial charge on any atom is -0.462 e. The molecule has 0 radical (unpaired) electrons. The SMILES string of the molecule is C=Cc1ccc(C(=O)OCCC)cc1. The van der Waals surface area contributed by atoms with Crippen molar-refractivity contribution >= 4 is 12.0 Å². The first-order valence-corrected chi connectivity index (χ1v) is 4.67. The van der Waals surface area contributed by atoms with Gasteiger partial charge in [0.2, 0.25) is 0 Å². The highest BCUT2D eigenvalue weighted by atomic mass is 16.5. The Morgan fingerprint density at radius 1 is 1.43 bits per heavy atom. The highest BCUT2D eigenvalue weighted by Crippen LogP contribution is 2.06. The molecule has 0 heterocycles. The normalized spacial score (nSPS) is 9.50. The Morgan fingerprint density at radius 2 is 2.07 bits per heavy atom. The molecule has 0 bridgehead atoms. The van der Waals surface area contributed by atoms with Crippen molar-refractivity contribution in [2.45, 2.75) is 13.3 Å². The lowest BCUT2D eigenvalue weighted by molar-refractivity contribution is 0.0505. The third-order valence-electron chi connectivity index (χ3n) is 1.82. The molecule has 0 aliphatic carbocycles. The molecule has 0 atom stereocenters. The van der Waals surface area contributed by atoms with E-state index in [0.717, 1.165) is 12.0 Å². The largest absolute Gasteiger partial charge is 0.462 e. The van der Waals surface area contributed by atoms with Crippen LogP contribution >= 0.6 is 0 Å². The molecular formula is C12H14O2. The van der Waals surface area contributed by atoms with Gasteiger partial charge in [0.25, 0.3) is 0 Å². The smallest absolute Gasteiger partial charge is 0.338 e. The number of hydrogen-bond acceptors (Lipinski definition) is 2. The summed E-state index contributed by atoms with van der Waals surface area (Å²) in [5.41, 5.74) is 1.58. The van der Waals surface area contributed by atoms with E-state index in [4.69, 9.17) is 4.74 Å². The molecule has 0 unspecified atom stereocenters. The van der Waals surface area contributed by atoms with Gasteiger partial charge in [0, 0.05) is 0 Å². The molecule has 0 aliphatic rings. The Morgan fingerprint density at radius 3 is 2.57 bits per heavy atom. The number of hydrogen-bond donors (Lipinski definition) is 0. The van der Waals surface area contributed by atoms with Gasteiger partial charge in [-0.15, -0.1) is 0 Å². The Labute approximate surface area is 84.2 Å². The van der Waals surface area contributed by atoms with Crippen LogP contribution < -0.4 is 0 Å². The summed E-state index contributed by atoms with van der Waals surface area (Å²) in [7, 11) is 0. The van der Waals surface area contributed by atoms with E-state index in [-0.39, 0.29) is 5.97 Å². The van der Waals surface area contributed by atoms with E-state index in [1.807, 2.05) is 19.1 Å². The molecule has 14 heavy (non-hydrogen) atoms. The van der Waals surface area contributed by atoms with Crippen LogP contribution in [0.2, 0.25) is 0 Å². The minimum atomic E-state index is -0.262. The van der Waals surface area contributed by atoms with E-state index in [1.54, 1.807) is 18.2 Å². The van der Waals surface area contributed by atoms with Crippen LogP contribution in [-0.4, -0.2) is 12.6 Å². The topological polar surface area (TPSA) is 26.3 Å². The lowest BCUT2D eigenvalue weighted by Gasteiger charge is -2.02. The van der Waals surface area contributed by atoms with Gasteiger partial charge >= 0.3 is 5.97 Å². The molecule has 0 spiro atoms. The first-order valence-electron chi connectivity index (χ1n) is 4.67. The predicted octanol–water partition coefficient (Wildman–Crippen LogP) is 2.90. The van der Waals surface area contributed by atoms with Crippen molar-refractivity contribution in [3.8, 4) is 0 Å². The van der Waals surface area contributed by atoms with Crippen molar-refractivity contribution in [2.24, 2.45) is 0 Å². The summed E-state index contributed by atoms with van der Waals surface area (Å²) in [5.74, 6) is -0.262. The monoisotopic (exact) mass is 190 g/mol. The third kappa shape index (κ3) is 2.73. The molecule has 1 rings (SSSR count). The molecule has 2 heteroatoms. The van der Waals surface area contributed by atoms with Crippen molar-refractivity contribution in [3.05, 3.63) is 42.0 Å². The van der Waals surface area contributed by atoms with Crippen LogP contribution in [0.1, 0.15) is 29.3 Å². The summed E-state index contributed by atoms with van der Waals surface area (Å²) in [6.07, 6.45) is 2.58. The molecule has 0 saturated carbocycles. The molecule has 0 fully saturated rings. The summed E-state index contributed by atoms with van der Waals surface area (Å²) >= 11 is 0. The number of esters is 1. The van der Waals surface area contributed by atoms with Gasteiger partial charge in [-0.05, 0) is 24.1 Å². The third-order valence-corrected chi connectivity index (χ3v) is 1.82. The average Bonchev–Trinajstić information content (AvgIpc) is 2.26. The van der Waals surface area contributed by atoms with E-state index >= 15 is 0 Å². The van der Waals surface area contributed by atoms with Crippen LogP contribution in [0.3, 0.4) is 0 Å². The molecule has 0 N–H and O–H groups in total. The van der Waals surface area contributed by atoms with Crippen LogP contribution in [0.15, 0.2) is 30.8 Å². The van der Waals surface area contributed by atoms with Crippen LogP contribution in [0, 0.1) is 0 Å². The lowest BCUT2D eigenvalue weighted by atomic mass is 10.1. The molecular weight excluding hydrogens is 176 g/mol. The maximum Gasteiger partial charge on any atom is 0.338 e. The van der Waals surface area contributed by atoms with Crippen LogP contribution in [0.5, 0.6) is 0 Å². The molecule has 1 aromatic rings. The first-order chi connectivity index (χ1) is 6.77. The van der Waals surface area contributed by atoms with Crippen molar-refractivity contribution < 1.29 is 9.53 Å². The highest BCUT2D eigenvalue weighted by molar-refractivity contribution is 5.89. The Hall–Kier alpha value is -1.57. The molecule has 0 amide bonds. The van der Waals surface area contributed by atoms with Gasteiger partial charge in [-0.25, -0.2) is 4.79 Å². The van der Waals surface area contributed by atoms with Crippen LogP contribution in [-0.2, 0) is 4.74 Å². The molecule has 0 saturated heterocycles. The fourth-order valence-corrected chi connectivity index (χ4v) is 1.03. The maximum atomic E-state index is 11.4. The van der Waals surface area contributed by atoms with E-state index in [2.05, 4.69) is 6.58 Å². The van der Waals surface area contributed by atoms with Gasteiger partial charge in [0.1, 0.15) is 0 Å². The van der Waals surface area contributed by atoms with Crippen LogP contribution in [0.25, 0.3) is 6.08 Å².